The molecule has 0 bridgehead atoms. The summed E-state index contributed by atoms with van der Waals surface area (Å²) >= 11 is 0.512. The minimum Gasteiger partial charge on any atom is -0.361 e. The molecule has 3 aromatic rings. The van der Waals surface area contributed by atoms with E-state index in [4.69, 9.17) is 0 Å². The Balaban J connectivity index is 2.22. The molecular weight excluding hydrogens is 328 g/mol. The van der Waals surface area contributed by atoms with Crippen molar-refractivity contribution < 1.29 is 26.3 Å². The first-order valence-corrected chi connectivity index (χ1v) is 6.89. The summed E-state index contributed by atoms with van der Waals surface area (Å²) in [6.07, 6.45) is -7.80. The molecule has 22 heavy (non-hydrogen) atoms. The summed E-state index contributed by atoms with van der Waals surface area (Å²) in [6, 6.07) is 4.22. The number of aromatic nitrogens is 1. The van der Waals surface area contributed by atoms with Gasteiger partial charge in [-0.25, -0.2) is 0 Å². The maximum atomic E-state index is 13.0. The molecule has 116 valence electrons. The second-order valence-electron chi connectivity index (χ2n) is 4.62. The van der Waals surface area contributed by atoms with Crippen LogP contribution in [0.4, 0.5) is 26.3 Å². The highest BCUT2D eigenvalue weighted by molar-refractivity contribution is 7.10. The number of H-pyrrole nitrogens is 1. The van der Waals surface area contributed by atoms with Crippen molar-refractivity contribution in [3.05, 3.63) is 46.3 Å². The Hall–Kier alpha value is -1.96. The number of halogens is 6. The molecule has 0 aliphatic carbocycles. The fraction of sp³-hybridized carbons (Fsp3) is 0.143. The van der Waals surface area contributed by atoms with Crippen LogP contribution in [0.25, 0.3) is 22.0 Å². The summed E-state index contributed by atoms with van der Waals surface area (Å²) in [6.45, 7) is 0. The predicted octanol–water partition coefficient (Wildman–Crippen LogP) is 5.93. The number of fused-ring (bicyclic) bond motifs is 1. The van der Waals surface area contributed by atoms with E-state index in [2.05, 4.69) is 4.98 Å². The topological polar surface area (TPSA) is 15.8 Å². The van der Waals surface area contributed by atoms with Crippen molar-refractivity contribution in [2.75, 3.05) is 0 Å². The average Bonchev–Trinajstić information content (AvgIpc) is 3.02. The van der Waals surface area contributed by atoms with E-state index in [0.29, 0.717) is 16.9 Å². The number of rotatable bonds is 1. The highest BCUT2D eigenvalue weighted by Gasteiger charge is 2.36. The van der Waals surface area contributed by atoms with Gasteiger partial charge in [0.2, 0.25) is 0 Å². The molecule has 0 unspecified atom stereocenters. The third-order valence-corrected chi connectivity index (χ3v) is 4.18. The van der Waals surface area contributed by atoms with Crippen LogP contribution >= 0.6 is 11.3 Å². The molecule has 0 spiro atoms. The Morgan fingerprint density at radius 2 is 1.59 bits per heavy atom. The van der Waals surface area contributed by atoms with Gasteiger partial charge in [0.25, 0.3) is 0 Å². The zero-order valence-electron chi connectivity index (χ0n) is 10.6. The summed E-state index contributed by atoms with van der Waals surface area (Å²) in [5.41, 5.74) is -0.565. The van der Waals surface area contributed by atoms with E-state index in [1.165, 1.54) is 23.7 Å². The molecule has 0 saturated carbocycles. The molecule has 3 rings (SSSR count). The predicted molar refractivity (Wildman–Crippen MR) is 71.6 cm³/mol. The number of benzene rings is 1. The zero-order valence-corrected chi connectivity index (χ0v) is 11.5. The van der Waals surface area contributed by atoms with Crippen molar-refractivity contribution in [3.63, 3.8) is 0 Å². The maximum Gasteiger partial charge on any atom is 0.426 e. The Bertz CT molecular complexity index is 824. The SMILES string of the molecule is FC(F)(F)c1ccc2[nH]cc(-c3ccsc3C(F)(F)F)c2c1. The highest BCUT2D eigenvalue weighted by Crippen LogP contribution is 2.43. The Kier molecular flexibility index (Phi) is 3.24. The van der Waals surface area contributed by atoms with Crippen molar-refractivity contribution in [1.82, 2.24) is 4.98 Å². The minimum atomic E-state index is -4.55. The highest BCUT2D eigenvalue weighted by atomic mass is 32.1. The van der Waals surface area contributed by atoms with Gasteiger partial charge in [0, 0.05) is 28.2 Å². The van der Waals surface area contributed by atoms with Crippen LogP contribution in [0.15, 0.2) is 35.8 Å². The molecule has 0 radical (unpaired) electrons. The van der Waals surface area contributed by atoms with Gasteiger partial charge in [0.05, 0.1) is 5.56 Å². The lowest BCUT2D eigenvalue weighted by molar-refractivity contribution is -0.137. The first-order chi connectivity index (χ1) is 10.2. The van der Waals surface area contributed by atoms with E-state index < -0.39 is 22.8 Å². The molecule has 0 atom stereocenters. The standard InChI is InChI=1S/C14H7F6NS/c15-13(16,17)7-1-2-11-9(5-7)10(6-21-11)8-3-4-22-12(8)14(18,19)20/h1-6,21H. The van der Waals surface area contributed by atoms with Crippen LogP contribution in [0.1, 0.15) is 10.4 Å². The normalized spacial score (nSPS) is 13.0. The molecule has 2 heterocycles. The molecule has 0 fully saturated rings. The number of hydrogen-bond acceptors (Lipinski definition) is 1. The Labute approximate surface area is 124 Å². The summed E-state index contributed by atoms with van der Waals surface area (Å²) in [5.74, 6) is 0. The lowest BCUT2D eigenvalue weighted by atomic mass is 10.0. The van der Waals surface area contributed by atoms with Gasteiger partial charge in [-0.3, -0.25) is 0 Å². The zero-order chi connectivity index (χ0) is 16.1. The summed E-state index contributed by atoms with van der Waals surface area (Å²) in [7, 11) is 0. The third kappa shape index (κ3) is 2.47. The largest absolute Gasteiger partial charge is 0.426 e. The average molecular weight is 335 g/mol. The number of alkyl halides is 6. The lowest BCUT2D eigenvalue weighted by Gasteiger charge is -2.09. The molecule has 8 heteroatoms. The van der Waals surface area contributed by atoms with Crippen LogP contribution in [0, 0.1) is 0 Å². The van der Waals surface area contributed by atoms with Crippen molar-refractivity contribution in [3.8, 4) is 11.1 Å². The molecule has 0 amide bonds. The number of thiophene rings is 1. The minimum absolute atomic E-state index is 0.106. The van der Waals surface area contributed by atoms with Crippen LogP contribution in [-0.2, 0) is 12.4 Å². The van der Waals surface area contributed by atoms with Crippen molar-refractivity contribution >= 4 is 22.2 Å². The second kappa shape index (κ2) is 4.77. The molecule has 1 N–H and O–H groups in total. The van der Waals surface area contributed by atoms with E-state index in [-0.39, 0.29) is 16.5 Å². The summed E-state index contributed by atoms with van der Waals surface area (Å²) in [5, 5.41) is 1.38. The van der Waals surface area contributed by atoms with Crippen molar-refractivity contribution in [2.45, 2.75) is 12.4 Å². The lowest BCUT2D eigenvalue weighted by Crippen LogP contribution is -2.04. The fourth-order valence-corrected chi connectivity index (χ4v) is 3.04. The van der Waals surface area contributed by atoms with Crippen LogP contribution in [0.5, 0.6) is 0 Å². The number of aromatic amines is 1. The van der Waals surface area contributed by atoms with Gasteiger partial charge in [0.1, 0.15) is 4.88 Å². The van der Waals surface area contributed by atoms with Crippen LogP contribution in [0.2, 0.25) is 0 Å². The van der Waals surface area contributed by atoms with Crippen molar-refractivity contribution in [1.29, 1.82) is 0 Å². The third-order valence-electron chi connectivity index (χ3n) is 3.22. The summed E-state index contributed by atoms with van der Waals surface area (Å²) < 4.78 is 77.2. The van der Waals surface area contributed by atoms with Gasteiger partial charge in [-0.1, -0.05) is 0 Å². The van der Waals surface area contributed by atoms with Gasteiger partial charge >= 0.3 is 12.4 Å². The number of nitrogens with one attached hydrogen (secondary N) is 1. The van der Waals surface area contributed by atoms with Gasteiger partial charge < -0.3 is 4.98 Å². The Morgan fingerprint density at radius 1 is 0.864 bits per heavy atom. The molecule has 0 aliphatic heterocycles. The quantitative estimate of drug-likeness (QED) is 0.530. The van der Waals surface area contributed by atoms with Gasteiger partial charge in [-0.15, -0.1) is 11.3 Å². The van der Waals surface area contributed by atoms with Gasteiger partial charge in [-0.2, -0.15) is 26.3 Å². The van der Waals surface area contributed by atoms with Crippen molar-refractivity contribution in [2.24, 2.45) is 0 Å². The van der Waals surface area contributed by atoms with E-state index in [1.807, 2.05) is 0 Å². The molecular formula is C14H7F6NS. The van der Waals surface area contributed by atoms with E-state index in [1.54, 1.807) is 0 Å². The van der Waals surface area contributed by atoms with Crippen LogP contribution < -0.4 is 0 Å². The van der Waals surface area contributed by atoms with E-state index in [0.717, 1.165) is 12.1 Å². The van der Waals surface area contributed by atoms with E-state index in [9.17, 15) is 26.3 Å². The number of hydrogen-bond donors (Lipinski definition) is 1. The molecule has 1 nitrogen and oxygen atoms in total. The van der Waals surface area contributed by atoms with Gasteiger partial charge in [0.15, 0.2) is 0 Å². The first kappa shape index (κ1) is 15.0. The van der Waals surface area contributed by atoms with Gasteiger partial charge in [-0.05, 0) is 29.6 Å². The monoisotopic (exact) mass is 335 g/mol. The molecule has 2 aromatic heterocycles. The molecule has 1 aromatic carbocycles. The molecule has 0 aliphatic rings. The molecule has 0 saturated heterocycles. The summed E-state index contributed by atoms with van der Waals surface area (Å²) in [4.78, 5) is 1.88. The second-order valence-corrected chi connectivity index (χ2v) is 5.54. The Morgan fingerprint density at radius 3 is 2.23 bits per heavy atom. The van der Waals surface area contributed by atoms with Crippen LogP contribution in [0.3, 0.4) is 0 Å². The first-order valence-electron chi connectivity index (χ1n) is 6.01. The maximum absolute atomic E-state index is 13.0. The smallest absolute Gasteiger partial charge is 0.361 e. The fourth-order valence-electron chi connectivity index (χ4n) is 2.26. The van der Waals surface area contributed by atoms with Crippen LogP contribution in [-0.4, -0.2) is 4.98 Å². The van der Waals surface area contributed by atoms with E-state index >= 15 is 0 Å².